The predicted octanol–water partition coefficient (Wildman–Crippen LogP) is 2.64. The van der Waals surface area contributed by atoms with Crippen molar-refractivity contribution in [3.63, 3.8) is 0 Å². The first-order chi connectivity index (χ1) is 14.7. The third-order valence-corrected chi connectivity index (χ3v) is 7.74. The van der Waals surface area contributed by atoms with E-state index >= 15 is 0 Å². The second-order valence-corrected chi connectivity index (χ2v) is 9.24. The molecule has 4 bridgehead atoms. The van der Waals surface area contributed by atoms with Gasteiger partial charge in [0.25, 0.3) is 0 Å². The Hall–Kier alpha value is -2.48. The van der Waals surface area contributed by atoms with Crippen molar-refractivity contribution in [1.82, 2.24) is 0 Å². The van der Waals surface area contributed by atoms with Crippen LogP contribution in [-0.2, 0) is 19.2 Å². The lowest BCUT2D eigenvalue weighted by molar-refractivity contribution is 0.250. The van der Waals surface area contributed by atoms with E-state index in [1.807, 2.05) is 0 Å². The van der Waals surface area contributed by atoms with E-state index in [0.717, 1.165) is 11.8 Å². The van der Waals surface area contributed by atoms with Gasteiger partial charge in [-0.3, -0.25) is 0 Å². The summed E-state index contributed by atoms with van der Waals surface area (Å²) in [5.74, 6) is 4.76. The molecule has 0 aromatic heterocycles. The predicted molar refractivity (Wildman–Crippen MR) is 108 cm³/mol. The quantitative estimate of drug-likeness (QED) is 0.450. The molecule has 4 fully saturated rings. The van der Waals surface area contributed by atoms with Crippen molar-refractivity contribution in [2.75, 3.05) is 26.2 Å². The van der Waals surface area contributed by atoms with Crippen molar-refractivity contribution in [1.29, 1.82) is 0 Å². The van der Waals surface area contributed by atoms with Gasteiger partial charge in [-0.1, -0.05) is 0 Å². The molecule has 4 rings (SSSR count). The largest absolute Gasteiger partial charge is 0.234 e. The lowest BCUT2D eigenvalue weighted by atomic mass is 9.80. The highest BCUT2D eigenvalue weighted by atomic mass is 16.1. The monoisotopic (exact) mass is 412 g/mol. The highest BCUT2D eigenvalue weighted by Gasteiger charge is 2.46. The molecule has 0 spiro atoms. The molecule has 8 heteroatoms. The minimum absolute atomic E-state index is 0.511. The molecule has 0 aliphatic heterocycles. The van der Waals surface area contributed by atoms with E-state index in [2.05, 4.69) is 20.0 Å². The molecule has 8 nitrogen and oxygen atoms in total. The third-order valence-electron chi connectivity index (χ3n) is 7.74. The maximum Gasteiger partial charge on any atom is 0.234 e. The van der Waals surface area contributed by atoms with Crippen LogP contribution in [0.15, 0.2) is 20.0 Å². The number of nitrogens with zero attached hydrogens (tertiary/aromatic N) is 4. The van der Waals surface area contributed by atoms with Crippen LogP contribution in [0.1, 0.15) is 38.5 Å². The van der Waals surface area contributed by atoms with Gasteiger partial charge in [-0.15, -0.1) is 0 Å². The lowest BCUT2D eigenvalue weighted by Gasteiger charge is -2.26. The van der Waals surface area contributed by atoms with Gasteiger partial charge in [-0.25, -0.2) is 39.1 Å². The van der Waals surface area contributed by atoms with E-state index in [0.29, 0.717) is 61.7 Å². The van der Waals surface area contributed by atoms with Crippen molar-refractivity contribution < 1.29 is 19.2 Å². The molecule has 0 N–H and O–H groups in total. The van der Waals surface area contributed by atoms with E-state index in [-0.39, 0.29) is 0 Å². The number of hydrogen-bond donors (Lipinski definition) is 0. The molecule has 0 heterocycles. The molecular weight excluding hydrogens is 384 g/mol. The van der Waals surface area contributed by atoms with Crippen LogP contribution >= 0.6 is 0 Å². The second kappa shape index (κ2) is 11.1. The van der Waals surface area contributed by atoms with Crippen LogP contribution in [0.5, 0.6) is 0 Å². The summed E-state index contributed by atoms with van der Waals surface area (Å²) < 4.78 is 0. The summed E-state index contributed by atoms with van der Waals surface area (Å²) in [7, 11) is 0. The van der Waals surface area contributed by atoms with E-state index < -0.39 is 0 Å². The van der Waals surface area contributed by atoms with Gasteiger partial charge in [-0.2, -0.15) is 0 Å². The molecule has 0 radical (unpaired) electrons. The summed E-state index contributed by atoms with van der Waals surface area (Å²) in [6.45, 7) is 2.41. The van der Waals surface area contributed by atoms with Gasteiger partial charge >= 0.3 is 0 Å². The van der Waals surface area contributed by atoms with Gasteiger partial charge < -0.3 is 0 Å². The van der Waals surface area contributed by atoms with Gasteiger partial charge in [0.05, 0.1) is 26.2 Å². The summed E-state index contributed by atoms with van der Waals surface area (Å²) in [6, 6.07) is 0. The Morgan fingerprint density at radius 3 is 0.933 bits per heavy atom. The second-order valence-electron chi connectivity index (χ2n) is 9.24. The zero-order chi connectivity index (χ0) is 21.3. The molecular formula is C22H28N4O4. The summed E-state index contributed by atoms with van der Waals surface area (Å²) in [5, 5.41) is 0. The van der Waals surface area contributed by atoms with E-state index in [1.54, 1.807) is 24.3 Å². The first-order valence-corrected chi connectivity index (χ1v) is 10.8. The summed E-state index contributed by atoms with van der Waals surface area (Å²) >= 11 is 0. The van der Waals surface area contributed by atoms with Gasteiger partial charge in [-0.05, 0) is 85.9 Å². The summed E-state index contributed by atoms with van der Waals surface area (Å²) in [4.78, 5) is 54.9. The van der Waals surface area contributed by atoms with Crippen LogP contribution in [0.2, 0.25) is 0 Å². The first-order valence-electron chi connectivity index (χ1n) is 10.8. The van der Waals surface area contributed by atoms with Crippen LogP contribution in [0.25, 0.3) is 0 Å². The van der Waals surface area contributed by atoms with Crippen molar-refractivity contribution in [2.45, 2.75) is 38.5 Å². The zero-order valence-electron chi connectivity index (χ0n) is 17.1. The van der Waals surface area contributed by atoms with Gasteiger partial charge in [0.1, 0.15) is 0 Å². The molecule has 30 heavy (non-hydrogen) atoms. The molecule has 4 aliphatic rings. The van der Waals surface area contributed by atoms with E-state index in [9.17, 15) is 19.2 Å². The molecule has 4 saturated carbocycles. The van der Waals surface area contributed by atoms with E-state index in [4.69, 9.17) is 0 Å². The van der Waals surface area contributed by atoms with Crippen LogP contribution < -0.4 is 0 Å². The van der Waals surface area contributed by atoms with Gasteiger partial charge in [0.15, 0.2) is 0 Å². The minimum Gasteiger partial charge on any atom is -0.211 e. The maximum absolute atomic E-state index is 10.1. The molecule has 160 valence electrons. The Balaban J connectivity index is 0.000000171. The molecule has 4 unspecified atom stereocenters. The molecule has 0 saturated heterocycles. The number of aliphatic imine (C=N–C) groups is 4. The van der Waals surface area contributed by atoms with Crippen LogP contribution in [-0.4, -0.2) is 50.5 Å². The fourth-order valence-corrected chi connectivity index (χ4v) is 6.76. The average molecular weight is 412 g/mol. The first kappa shape index (κ1) is 22.2. The minimum atomic E-state index is 0.511. The molecule has 4 aliphatic carbocycles. The lowest BCUT2D eigenvalue weighted by Crippen LogP contribution is -2.24. The average Bonchev–Trinajstić information content (AvgIpc) is 3.53. The number of hydrogen-bond acceptors (Lipinski definition) is 8. The van der Waals surface area contributed by atoms with Crippen LogP contribution in [0.4, 0.5) is 0 Å². The van der Waals surface area contributed by atoms with Crippen molar-refractivity contribution in [3.05, 3.63) is 0 Å². The number of isocyanates is 4. The SMILES string of the molecule is O=C=NCC1CC2CC(CN=C=O)C1C2.O=C=NCC1CC2CC(CN=C=O)C1C2. The topological polar surface area (TPSA) is 118 Å². The number of fused-ring (bicyclic) bond motifs is 4. The highest BCUT2D eigenvalue weighted by molar-refractivity contribution is 5.34. The molecule has 0 aromatic rings. The smallest absolute Gasteiger partial charge is 0.211 e. The van der Waals surface area contributed by atoms with Crippen molar-refractivity contribution in [3.8, 4) is 0 Å². The number of rotatable bonds is 8. The maximum atomic E-state index is 10.1. The highest BCUT2D eigenvalue weighted by Crippen LogP contribution is 2.52. The summed E-state index contributed by atoms with van der Waals surface area (Å²) in [5.41, 5.74) is 0. The zero-order valence-corrected chi connectivity index (χ0v) is 17.1. The van der Waals surface area contributed by atoms with Gasteiger partial charge in [0.2, 0.25) is 24.3 Å². The van der Waals surface area contributed by atoms with Crippen molar-refractivity contribution in [2.24, 2.45) is 67.3 Å². The Labute approximate surface area is 176 Å². The molecule has 4 atom stereocenters. The summed E-state index contributed by atoms with van der Waals surface area (Å²) in [6.07, 6.45) is 13.6. The third kappa shape index (κ3) is 5.36. The Morgan fingerprint density at radius 1 is 0.467 bits per heavy atom. The van der Waals surface area contributed by atoms with Gasteiger partial charge in [0, 0.05) is 0 Å². The molecule has 0 amide bonds. The Bertz CT molecular complexity index is 665. The van der Waals surface area contributed by atoms with Crippen LogP contribution in [0, 0.1) is 47.3 Å². The number of carbonyl (C=O) groups excluding carboxylic acids is 4. The van der Waals surface area contributed by atoms with Crippen LogP contribution in [0.3, 0.4) is 0 Å². The normalized spacial score (nSPS) is 37.1. The standard InChI is InChI=1S/2C11H14N2O2/c2*14-6-12-4-9-1-8-2-10(5-13-7-15)11(9)3-8/h2*8-11H,1-5H2. The fraction of sp³-hybridized carbons (Fsp3) is 0.818. The Morgan fingerprint density at radius 2 is 0.733 bits per heavy atom. The fourth-order valence-electron chi connectivity index (χ4n) is 6.76. The molecule has 0 aromatic carbocycles. The van der Waals surface area contributed by atoms with Crippen molar-refractivity contribution >= 4 is 24.3 Å². The Kier molecular flexibility index (Phi) is 8.19. The van der Waals surface area contributed by atoms with E-state index in [1.165, 1.54) is 38.5 Å².